The van der Waals surface area contributed by atoms with Crippen LogP contribution in [0.25, 0.3) is 0 Å². The van der Waals surface area contributed by atoms with Crippen molar-refractivity contribution in [2.45, 2.75) is 43.7 Å². The van der Waals surface area contributed by atoms with Gasteiger partial charge < -0.3 is 19.3 Å². The number of amides is 2. The van der Waals surface area contributed by atoms with E-state index in [1.807, 2.05) is 60.4 Å². The molecule has 4 rings (SSSR count). The lowest BCUT2D eigenvalue weighted by Crippen LogP contribution is -2.51. The number of nitrogens with zero attached hydrogens (tertiary/aromatic N) is 3. The molecule has 1 saturated heterocycles. The Hall–Kier alpha value is -3.73. The molecular weight excluding hydrogens is 566 g/mol. The molecule has 2 amide bonds. The average molecular weight is 608 g/mol. The number of hydrogen-bond acceptors (Lipinski definition) is 6. The highest BCUT2D eigenvalue weighted by Crippen LogP contribution is 2.23. The predicted octanol–water partition coefficient (Wildman–Crippen LogP) is 3.90. The summed E-state index contributed by atoms with van der Waals surface area (Å²) in [5.74, 6) is 0.506. The van der Waals surface area contributed by atoms with Crippen molar-refractivity contribution in [2.24, 2.45) is 0 Å². The van der Waals surface area contributed by atoms with Crippen molar-refractivity contribution in [3.05, 3.63) is 95.6 Å². The van der Waals surface area contributed by atoms with Crippen molar-refractivity contribution in [3.63, 3.8) is 0 Å². The summed E-state index contributed by atoms with van der Waals surface area (Å²) < 4.78 is 38.6. The molecule has 3 aromatic carbocycles. The zero-order valence-electron chi connectivity index (χ0n) is 25.1. The first-order chi connectivity index (χ1) is 20.7. The summed E-state index contributed by atoms with van der Waals surface area (Å²) in [7, 11) is -0.810. The third kappa shape index (κ3) is 8.65. The zero-order valence-corrected chi connectivity index (χ0v) is 26.0. The Labute approximate surface area is 255 Å². The van der Waals surface area contributed by atoms with Gasteiger partial charge in [0.15, 0.2) is 0 Å². The summed E-state index contributed by atoms with van der Waals surface area (Å²) in [6.07, 6.45) is 1.51. The molecule has 1 aliphatic rings. The van der Waals surface area contributed by atoms with Gasteiger partial charge in [-0.15, -0.1) is 0 Å². The quantitative estimate of drug-likeness (QED) is 0.293. The molecule has 0 unspecified atom stereocenters. The number of aryl methyl sites for hydroxylation is 1. The summed E-state index contributed by atoms with van der Waals surface area (Å²) in [6.45, 7) is 3.31. The molecule has 0 bridgehead atoms. The molecule has 0 spiro atoms. The van der Waals surface area contributed by atoms with E-state index in [0.717, 1.165) is 22.4 Å². The van der Waals surface area contributed by atoms with E-state index >= 15 is 0 Å². The van der Waals surface area contributed by atoms with Gasteiger partial charge >= 0.3 is 0 Å². The molecule has 0 saturated carbocycles. The van der Waals surface area contributed by atoms with Crippen molar-refractivity contribution in [1.82, 2.24) is 14.1 Å². The molecule has 0 N–H and O–H groups in total. The monoisotopic (exact) mass is 607 g/mol. The smallest absolute Gasteiger partial charge is 0.243 e. The highest BCUT2D eigenvalue weighted by Gasteiger charge is 2.33. The fraction of sp³-hybridized carbons (Fsp3) is 0.394. The van der Waals surface area contributed by atoms with Crippen LogP contribution in [0.4, 0.5) is 0 Å². The van der Waals surface area contributed by atoms with Crippen LogP contribution in [0.5, 0.6) is 5.75 Å². The van der Waals surface area contributed by atoms with Crippen molar-refractivity contribution >= 4 is 21.8 Å². The molecule has 230 valence electrons. The molecule has 0 atom stereocenters. The Bertz CT molecular complexity index is 1440. The number of rotatable bonds is 13. The lowest BCUT2D eigenvalue weighted by Gasteiger charge is -2.39. The Morgan fingerprint density at radius 1 is 0.884 bits per heavy atom. The van der Waals surface area contributed by atoms with Crippen LogP contribution < -0.4 is 4.74 Å². The number of piperidine rings is 1. The molecule has 0 aromatic heterocycles. The molecule has 9 nitrogen and oxygen atoms in total. The summed E-state index contributed by atoms with van der Waals surface area (Å²) >= 11 is 0. The van der Waals surface area contributed by atoms with Gasteiger partial charge in [-0.1, -0.05) is 60.2 Å². The molecule has 1 fully saturated rings. The van der Waals surface area contributed by atoms with E-state index < -0.39 is 10.0 Å². The third-order valence-electron chi connectivity index (χ3n) is 7.80. The van der Waals surface area contributed by atoms with E-state index in [0.29, 0.717) is 38.9 Å². The highest BCUT2D eigenvalue weighted by atomic mass is 32.2. The first kappa shape index (κ1) is 32.2. The van der Waals surface area contributed by atoms with Crippen molar-refractivity contribution in [2.75, 3.05) is 47.0 Å². The molecule has 3 aromatic rings. The molecule has 43 heavy (non-hydrogen) atoms. The molecule has 1 heterocycles. The minimum absolute atomic E-state index is 0.0414. The lowest BCUT2D eigenvalue weighted by atomic mass is 10.0. The summed E-state index contributed by atoms with van der Waals surface area (Å²) in [5.41, 5.74) is 3.00. The number of methoxy groups -OCH3 is 2. The number of likely N-dealkylation sites (tertiary alicyclic amines) is 1. The second-order valence-corrected chi connectivity index (χ2v) is 12.7. The lowest BCUT2D eigenvalue weighted by molar-refractivity contribution is -0.137. The summed E-state index contributed by atoms with van der Waals surface area (Å²) in [6, 6.07) is 23.5. The van der Waals surface area contributed by atoms with Crippen molar-refractivity contribution in [1.29, 1.82) is 0 Å². The van der Waals surface area contributed by atoms with Gasteiger partial charge in [-0.25, -0.2) is 8.42 Å². The van der Waals surface area contributed by atoms with Gasteiger partial charge in [-0.3, -0.25) is 9.59 Å². The van der Waals surface area contributed by atoms with Gasteiger partial charge in [-0.2, -0.15) is 4.31 Å². The van der Waals surface area contributed by atoms with E-state index in [1.54, 1.807) is 30.2 Å². The van der Waals surface area contributed by atoms with Crippen molar-refractivity contribution in [3.8, 4) is 5.75 Å². The largest absolute Gasteiger partial charge is 0.497 e. The van der Waals surface area contributed by atoms with Gasteiger partial charge in [0.05, 0.1) is 31.6 Å². The molecular formula is C33H41N3O6S. The van der Waals surface area contributed by atoms with Gasteiger partial charge in [0.1, 0.15) is 5.75 Å². The van der Waals surface area contributed by atoms with Crippen LogP contribution in [0, 0.1) is 6.92 Å². The topological polar surface area (TPSA) is 96.5 Å². The number of carbonyl (C=O) groups excluding carboxylic acids is 2. The number of sulfonamides is 1. The second-order valence-electron chi connectivity index (χ2n) is 10.8. The van der Waals surface area contributed by atoms with Crippen LogP contribution in [0.15, 0.2) is 83.8 Å². The first-order valence-electron chi connectivity index (χ1n) is 14.5. The van der Waals surface area contributed by atoms with E-state index in [2.05, 4.69) is 0 Å². The third-order valence-corrected chi connectivity index (χ3v) is 9.66. The van der Waals surface area contributed by atoms with E-state index in [9.17, 15) is 18.0 Å². The standard InChI is InChI=1S/C33H41N3O6S/c1-26-9-11-28(12-10-26)24-36(33(38)25-35(21-22-41-2)43(39,40)31-7-5-4-6-8-31)29-17-19-34(20-18-29)32(37)23-27-13-15-30(42-3)16-14-27/h4-16,29H,17-25H2,1-3H3. The maximum absolute atomic E-state index is 14.0. The molecule has 0 radical (unpaired) electrons. The van der Waals surface area contributed by atoms with Gasteiger partial charge in [0.25, 0.3) is 0 Å². The fourth-order valence-electron chi connectivity index (χ4n) is 5.23. The van der Waals surface area contributed by atoms with Crippen LogP contribution in [0.2, 0.25) is 0 Å². The first-order valence-corrected chi connectivity index (χ1v) is 15.9. The van der Waals surface area contributed by atoms with Crippen LogP contribution in [-0.2, 0) is 37.3 Å². The SMILES string of the molecule is COCCN(CC(=O)N(Cc1ccc(C)cc1)C1CCN(C(=O)Cc2ccc(OC)cc2)CC1)S(=O)(=O)c1ccccc1. The van der Waals surface area contributed by atoms with Crippen LogP contribution >= 0.6 is 0 Å². The zero-order chi connectivity index (χ0) is 30.8. The van der Waals surface area contributed by atoms with Gasteiger partial charge in [0.2, 0.25) is 21.8 Å². The minimum atomic E-state index is -3.92. The van der Waals surface area contributed by atoms with E-state index in [4.69, 9.17) is 9.47 Å². The molecule has 1 aliphatic heterocycles. The molecule has 10 heteroatoms. The summed E-state index contributed by atoms with van der Waals surface area (Å²) in [4.78, 5) is 30.8. The number of benzene rings is 3. The van der Waals surface area contributed by atoms with Crippen LogP contribution in [0.3, 0.4) is 0 Å². The fourth-order valence-corrected chi connectivity index (χ4v) is 6.62. The molecule has 0 aliphatic carbocycles. The average Bonchev–Trinajstić information content (AvgIpc) is 3.03. The number of ether oxygens (including phenoxy) is 2. The Kier molecular flexibility index (Phi) is 11.3. The second kappa shape index (κ2) is 15.1. The number of hydrogen-bond donors (Lipinski definition) is 0. The Balaban J connectivity index is 1.49. The van der Waals surface area contributed by atoms with Gasteiger partial charge in [-0.05, 0) is 55.2 Å². The van der Waals surface area contributed by atoms with Crippen molar-refractivity contribution < 1.29 is 27.5 Å². The van der Waals surface area contributed by atoms with Crippen LogP contribution in [0.1, 0.15) is 29.5 Å². The van der Waals surface area contributed by atoms with E-state index in [-0.39, 0.29) is 42.4 Å². The Morgan fingerprint density at radius 3 is 2.12 bits per heavy atom. The van der Waals surface area contributed by atoms with Gasteiger partial charge in [0, 0.05) is 39.3 Å². The van der Waals surface area contributed by atoms with E-state index in [1.165, 1.54) is 23.5 Å². The number of carbonyl (C=O) groups is 2. The maximum Gasteiger partial charge on any atom is 0.243 e. The highest BCUT2D eigenvalue weighted by molar-refractivity contribution is 7.89. The normalized spacial score (nSPS) is 14.1. The maximum atomic E-state index is 14.0. The van der Waals surface area contributed by atoms with Crippen LogP contribution in [-0.4, -0.2) is 87.4 Å². The Morgan fingerprint density at radius 2 is 1.51 bits per heavy atom. The minimum Gasteiger partial charge on any atom is -0.497 e. The predicted molar refractivity (Wildman–Crippen MR) is 165 cm³/mol. The summed E-state index contributed by atoms with van der Waals surface area (Å²) in [5, 5.41) is 0.